The van der Waals surface area contributed by atoms with E-state index in [2.05, 4.69) is 63.3 Å². The molecule has 0 bridgehead atoms. The third-order valence-corrected chi connectivity index (χ3v) is 3.56. The van der Waals surface area contributed by atoms with Crippen molar-refractivity contribution in [3.05, 3.63) is 59.2 Å². The van der Waals surface area contributed by atoms with Crippen molar-refractivity contribution in [2.75, 3.05) is 11.1 Å². The molecule has 2 nitrogen and oxygen atoms in total. The standard InChI is InChI=1S/C18H24N2/c1-13-11-15(18(2,3)4)7-10-17(13)20-12-14-5-8-16(19)9-6-14/h5-11,20H,12,19H2,1-4H3. The third kappa shape index (κ3) is 3.53. The number of anilines is 2. The molecule has 0 radical (unpaired) electrons. The van der Waals surface area contributed by atoms with E-state index in [1.807, 2.05) is 12.1 Å². The third-order valence-electron chi connectivity index (χ3n) is 3.56. The Labute approximate surface area is 122 Å². The largest absolute Gasteiger partial charge is 0.399 e. The van der Waals surface area contributed by atoms with Gasteiger partial charge in [-0.05, 0) is 47.2 Å². The van der Waals surface area contributed by atoms with Crippen LogP contribution in [0, 0.1) is 6.92 Å². The van der Waals surface area contributed by atoms with Gasteiger partial charge in [-0.3, -0.25) is 0 Å². The van der Waals surface area contributed by atoms with Crippen LogP contribution in [0.2, 0.25) is 0 Å². The Morgan fingerprint density at radius 3 is 2.20 bits per heavy atom. The molecule has 0 heterocycles. The molecule has 2 aromatic carbocycles. The number of hydrogen-bond acceptors (Lipinski definition) is 2. The Morgan fingerprint density at radius 2 is 1.65 bits per heavy atom. The van der Waals surface area contributed by atoms with Crippen molar-refractivity contribution in [2.24, 2.45) is 0 Å². The van der Waals surface area contributed by atoms with Crippen LogP contribution in [-0.2, 0) is 12.0 Å². The number of benzene rings is 2. The molecule has 2 heteroatoms. The molecule has 0 aliphatic rings. The van der Waals surface area contributed by atoms with Gasteiger partial charge in [-0.1, -0.05) is 45.0 Å². The summed E-state index contributed by atoms with van der Waals surface area (Å²) >= 11 is 0. The van der Waals surface area contributed by atoms with E-state index < -0.39 is 0 Å². The summed E-state index contributed by atoms with van der Waals surface area (Å²) in [7, 11) is 0. The average Bonchev–Trinajstić information content (AvgIpc) is 2.38. The first kappa shape index (κ1) is 14.4. The second-order valence-electron chi connectivity index (χ2n) is 6.37. The van der Waals surface area contributed by atoms with Gasteiger partial charge in [-0.25, -0.2) is 0 Å². The highest BCUT2D eigenvalue weighted by molar-refractivity contribution is 5.53. The van der Waals surface area contributed by atoms with Crippen LogP contribution in [0.1, 0.15) is 37.5 Å². The summed E-state index contributed by atoms with van der Waals surface area (Å²) < 4.78 is 0. The van der Waals surface area contributed by atoms with Crippen molar-refractivity contribution >= 4 is 11.4 Å². The van der Waals surface area contributed by atoms with Gasteiger partial charge >= 0.3 is 0 Å². The molecular weight excluding hydrogens is 244 g/mol. The Bertz CT molecular complexity index is 577. The number of nitrogen functional groups attached to an aromatic ring is 1. The van der Waals surface area contributed by atoms with E-state index in [4.69, 9.17) is 5.73 Å². The highest BCUT2D eigenvalue weighted by atomic mass is 14.9. The van der Waals surface area contributed by atoms with E-state index in [0.29, 0.717) is 0 Å². The zero-order valence-corrected chi connectivity index (χ0v) is 12.8. The smallest absolute Gasteiger partial charge is 0.0400 e. The second kappa shape index (κ2) is 5.58. The Hall–Kier alpha value is -1.96. The normalized spacial score (nSPS) is 11.4. The van der Waals surface area contributed by atoms with Crippen LogP contribution in [0.5, 0.6) is 0 Å². The molecule has 0 unspecified atom stereocenters. The SMILES string of the molecule is Cc1cc(C(C)(C)C)ccc1NCc1ccc(N)cc1. The van der Waals surface area contributed by atoms with Crippen LogP contribution >= 0.6 is 0 Å². The number of nitrogens with two attached hydrogens (primary N) is 1. The van der Waals surface area contributed by atoms with E-state index in [-0.39, 0.29) is 5.41 Å². The summed E-state index contributed by atoms with van der Waals surface area (Å²) in [5.41, 5.74) is 11.8. The van der Waals surface area contributed by atoms with E-state index in [1.54, 1.807) is 0 Å². The molecule has 0 atom stereocenters. The van der Waals surface area contributed by atoms with Gasteiger partial charge in [0.2, 0.25) is 0 Å². The molecule has 2 aromatic rings. The molecule has 3 N–H and O–H groups in total. The predicted molar refractivity (Wildman–Crippen MR) is 88.1 cm³/mol. The van der Waals surface area contributed by atoms with Crippen LogP contribution in [0.25, 0.3) is 0 Å². The molecule has 20 heavy (non-hydrogen) atoms. The molecule has 0 fully saturated rings. The van der Waals surface area contributed by atoms with Gasteiger partial charge < -0.3 is 11.1 Å². The Morgan fingerprint density at radius 1 is 1.00 bits per heavy atom. The highest BCUT2D eigenvalue weighted by Crippen LogP contribution is 2.26. The van der Waals surface area contributed by atoms with E-state index in [9.17, 15) is 0 Å². The minimum atomic E-state index is 0.195. The number of rotatable bonds is 3. The van der Waals surface area contributed by atoms with Gasteiger partial charge in [0.1, 0.15) is 0 Å². The molecule has 106 valence electrons. The maximum atomic E-state index is 5.70. The summed E-state index contributed by atoms with van der Waals surface area (Å²) in [5.74, 6) is 0. The topological polar surface area (TPSA) is 38.0 Å². The summed E-state index contributed by atoms with van der Waals surface area (Å²) in [6.45, 7) is 9.69. The monoisotopic (exact) mass is 268 g/mol. The first-order chi connectivity index (χ1) is 9.36. The predicted octanol–water partition coefficient (Wildman–Crippen LogP) is 4.49. The number of nitrogens with one attached hydrogen (secondary N) is 1. The van der Waals surface area contributed by atoms with Gasteiger partial charge in [0.15, 0.2) is 0 Å². The molecule has 0 spiro atoms. The van der Waals surface area contributed by atoms with Crippen LogP contribution in [0.15, 0.2) is 42.5 Å². The van der Waals surface area contributed by atoms with Crippen molar-refractivity contribution in [3.8, 4) is 0 Å². The molecule has 0 saturated carbocycles. The van der Waals surface area contributed by atoms with Crippen LogP contribution in [-0.4, -0.2) is 0 Å². The summed E-state index contributed by atoms with van der Waals surface area (Å²) in [6, 6.07) is 14.6. The zero-order valence-electron chi connectivity index (χ0n) is 12.8. The molecule has 0 saturated heterocycles. The average molecular weight is 268 g/mol. The van der Waals surface area contributed by atoms with Crippen molar-refractivity contribution < 1.29 is 0 Å². The summed E-state index contributed by atoms with van der Waals surface area (Å²) in [6.07, 6.45) is 0. The van der Waals surface area contributed by atoms with Crippen molar-refractivity contribution in [1.82, 2.24) is 0 Å². The van der Waals surface area contributed by atoms with Crippen molar-refractivity contribution in [2.45, 2.75) is 39.7 Å². The van der Waals surface area contributed by atoms with Crippen molar-refractivity contribution in [3.63, 3.8) is 0 Å². The zero-order chi connectivity index (χ0) is 14.8. The Kier molecular flexibility index (Phi) is 4.03. The molecule has 0 aliphatic carbocycles. The first-order valence-electron chi connectivity index (χ1n) is 7.06. The Balaban J connectivity index is 2.08. The lowest BCUT2D eigenvalue weighted by Gasteiger charge is -2.21. The second-order valence-corrected chi connectivity index (χ2v) is 6.37. The maximum Gasteiger partial charge on any atom is 0.0400 e. The molecule has 0 aromatic heterocycles. The minimum Gasteiger partial charge on any atom is -0.399 e. The van der Waals surface area contributed by atoms with E-state index >= 15 is 0 Å². The van der Waals surface area contributed by atoms with Crippen LogP contribution in [0.3, 0.4) is 0 Å². The lowest BCUT2D eigenvalue weighted by atomic mass is 9.86. The van der Waals surface area contributed by atoms with Gasteiger partial charge in [-0.15, -0.1) is 0 Å². The van der Waals surface area contributed by atoms with Gasteiger partial charge in [0.05, 0.1) is 0 Å². The molecule has 0 aliphatic heterocycles. The fourth-order valence-corrected chi connectivity index (χ4v) is 2.16. The van der Waals surface area contributed by atoms with Gasteiger partial charge in [0, 0.05) is 17.9 Å². The summed E-state index contributed by atoms with van der Waals surface area (Å²) in [4.78, 5) is 0. The fourth-order valence-electron chi connectivity index (χ4n) is 2.16. The van der Waals surface area contributed by atoms with E-state index in [1.165, 1.54) is 22.4 Å². The lowest BCUT2D eigenvalue weighted by Crippen LogP contribution is -2.11. The van der Waals surface area contributed by atoms with Gasteiger partial charge in [-0.2, -0.15) is 0 Å². The quantitative estimate of drug-likeness (QED) is 0.805. The van der Waals surface area contributed by atoms with Crippen LogP contribution in [0.4, 0.5) is 11.4 Å². The number of hydrogen-bond donors (Lipinski definition) is 2. The van der Waals surface area contributed by atoms with Gasteiger partial charge in [0.25, 0.3) is 0 Å². The lowest BCUT2D eigenvalue weighted by molar-refractivity contribution is 0.590. The highest BCUT2D eigenvalue weighted by Gasteiger charge is 2.14. The van der Waals surface area contributed by atoms with Crippen LogP contribution < -0.4 is 11.1 Å². The van der Waals surface area contributed by atoms with E-state index in [0.717, 1.165) is 12.2 Å². The summed E-state index contributed by atoms with van der Waals surface area (Å²) in [5, 5.41) is 3.49. The minimum absolute atomic E-state index is 0.195. The molecular formula is C18H24N2. The molecule has 2 rings (SSSR count). The maximum absolute atomic E-state index is 5.70. The number of aryl methyl sites for hydroxylation is 1. The fraction of sp³-hybridized carbons (Fsp3) is 0.333. The molecule has 0 amide bonds. The van der Waals surface area contributed by atoms with Crippen molar-refractivity contribution in [1.29, 1.82) is 0 Å². The first-order valence-corrected chi connectivity index (χ1v) is 7.06.